The van der Waals surface area contributed by atoms with Gasteiger partial charge in [0, 0.05) is 12.1 Å². The number of para-hydroxylation sites is 1. The summed E-state index contributed by atoms with van der Waals surface area (Å²) in [6.07, 6.45) is 3.06. The minimum atomic E-state index is -0.492. The van der Waals surface area contributed by atoms with Gasteiger partial charge in [0.15, 0.2) is 5.69 Å². The van der Waals surface area contributed by atoms with Crippen molar-refractivity contribution in [1.82, 2.24) is 9.97 Å². The second-order valence-corrected chi connectivity index (χ2v) is 5.17. The summed E-state index contributed by atoms with van der Waals surface area (Å²) < 4.78 is 10.6. The Bertz CT molecular complexity index is 690. The molecule has 1 atom stereocenters. The first-order chi connectivity index (χ1) is 10.7. The Morgan fingerprint density at radius 3 is 3.00 bits per heavy atom. The average molecular weight is 299 g/mol. The molecule has 0 aliphatic carbocycles. The van der Waals surface area contributed by atoms with E-state index in [1.54, 1.807) is 6.20 Å². The molecule has 1 aromatic carbocycles. The van der Waals surface area contributed by atoms with Crippen molar-refractivity contribution in [3.05, 3.63) is 47.9 Å². The summed E-state index contributed by atoms with van der Waals surface area (Å²) in [5.74, 6) is 1.03. The molecule has 1 unspecified atom stereocenters. The fourth-order valence-electron chi connectivity index (χ4n) is 2.47. The zero-order valence-electron chi connectivity index (χ0n) is 12.5. The van der Waals surface area contributed by atoms with Crippen LogP contribution in [-0.2, 0) is 11.3 Å². The fraction of sp³-hybridized carbons (Fsp3) is 0.312. The third-order valence-electron chi connectivity index (χ3n) is 3.48. The molecule has 6 heteroatoms. The summed E-state index contributed by atoms with van der Waals surface area (Å²) in [6.45, 7) is 3.32. The molecule has 1 aliphatic rings. The first kappa shape index (κ1) is 14.3. The SMILES string of the molecule is COC(=O)c1cncc(N2Cc3ccccc3OC(C)C2)n1. The molecule has 2 heterocycles. The molecule has 0 N–H and O–H groups in total. The normalized spacial score (nSPS) is 17.2. The molecule has 3 rings (SSSR count). The number of anilines is 1. The van der Waals surface area contributed by atoms with Gasteiger partial charge in [-0.2, -0.15) is 0 Å². The number of esters is 1. The summed E-state index contributed by atoms with van der Waals surface area (Å²) in [7, 11) is 1.33. The van der Waals surface area contributed by atoms with Crippen molar-refractivity contribution < 1.29 is 14.3 Å². The number of fused-ring (bicyclic) bond motifs is 1. The smallest absolute Gasteiger partial charge is 0.358 e. The van der Waals surface area contributed by atoms with Crippen LogP contribution in [0.25, 0.3) is 0 Å². The van der Waals surface area contributed by atoms with Crippen molar-refractivity contribution in [2.75, 3.05) is 18.6 Å². The maximum Gasteiger partial charge on any atom is 0.358 e. The molecule has 0 amide bonds. The van der Waals surface area contributed by atoms with Gasteiger partial charge in [-0.3, -0.25) is 4.98 Å². The number of carbonyl (C=O) groups is 1. The topological polar surface area (TPSA) is 64.5 Å². The van der Waals surface area contributed by atoms with Crippen LogP contribution in [-0.4, -0.2) is 35.7 Å². The highest BCUT2D eigenvalue weighted by Gasteiger charge is 2.22. The van der Waals surface area contributed by atoms with Gasteiger partial charge in [0.25, 0.3) is 0 Å². The number of aromatic nitrogens is 2. The molecule has 0 saturated heterocycles. The monoisotopic (exact) mass is 299 g/mol. The molecule has 6 nitrogen and oxygen atoms in total. The van der Waals surface area contributed by atoms with Crippen LogP contribution in [0.1, 0.15) is 23.0 Å². The van der Waals surface area contributed by atoms with Crippen LogP contribution in [0.2, 0.25) is 0 Å². The second kappa shape index (κ2) is 6.01. The standard InChI is InChI=1S/C16H17N3O3/c1-11-9-19(10-12-5-3-4-6-14(12)22-11)15-8-17-7-13(18-15)16(20)21-2/h3-8,11H,9-10H2,1-2H3. The highest BCUT2D eigenvalue weighted by atomic mass is 16.5. The van der Waals surface area contributed by atoms with Gasteiger partial charge in [0.1, 0.15) is 17.7 Å². The van der Waals surface area contributed by atoms with E-state index in [0.29, 0.717) is 18.9 Å². The molecule has 0 radical (unpaired) electrons. The fourth-order valence-corrected chi connectivity index (χ4v) is 2.47. The molecular weight excluding hydrogens is 282 g/mol. The summed E-state index contributed by atoms with van der Waals surface area (Å²) in [6, 6.07) is 7.93. The van der Waals surface area contributed by atoms with Crippen LogP contribution in [0, 0.1) is 0 Å². The summed E-state index contributed by atoms with van der Waals surface area (Å²) >= 11 is 0. The minimum Gasteiger partial charge on any atom is -0.489 e. The number of methoxy groups -OCH3 is 1. The van der Waals surface area contributed by atoms with E-state index in [-0.39, 0.29) is 11.8 Å². The molecule has 1 aliphatic heterocycles. The molecule has 1 aromatic heterocycles. The van der Waals surface area contributed by atoms with Crippen molar-refractivity contribution >= 4 is 11.8 Å². The number of benzene rings is 1. The Morgan fingerprint density at radius 1 is 1.36 bits per heavy atom. The van der Waals surface area contributed by atoms with Gasteiger partial charge >= 0.3 is 5.97 Å². The van der Waals surface area contributed by atoms with Gasteiger partial charge in [-0.25, -0.2) is 9.78 Å². The second-order valence-electron chi connectivity index (χ2n) is 5.17. The third-order valence-corrected chi connectivity index (χ3v) is 3.48. The van der Waals surface area contributed by atoms with E-state index in [9.17, 15) is 4.79 Å². The molecule has 0 fully saturated rings. The lowest BCUT2D eigenvalue weighted by molar-refractivity contribution is 0.0593. The number of ether oxygens (including phenoxy) is 2. The minimum absolute atomic E-state index is 0.00670. The van der Waals surface area contributed by atoms with Crippen LogP contribution >= 0.6 is 0 Å². The van der Waals surface area contributed by atoms with Crippen LogP contribution in [0.3, 0.4) is 0 Å². The summed E-state index contributed by atoms with van der Waals surface area (Å²) in [4.78, 5) is 22.1. The third kappa shape index (κ3) is 2.86. The van der Waals surface area contributed by atoms with Gasteiger partial charge in [-0.05, 0) is 13.0 Å². The maximum absolute atomic E-state index is 11.6. The number of hydrogen-bond acceptors (Lipinski definition) is 6. The zero-order chi connectivity index (χ0) is 15.5. The van der Waals surface area contributed by atoms with Gasteiger partial charge in [0.05, 0.1) is 26.0 Å². The predicted octanol–water partition coefficient (Wildman–Crippen LogP) is 2.05. The maximum atomic E-state index is 11.6. The molecular formula is C16H17N3O3. The average Bonchev–Trinajstić information content (AvgIpc) is 2.72. The Morgan fingerprint density at radius 2 is 2.18 bits per heavy atom. The number of nitrogens with zero attached hydrogens (tertiary/aromatic N) is 3. The van der Waals surface area contributed by atoms with E-state index >= 15 is 0 Å². The lowest BCUT2D eigenvalue weighted by Gasteiger charge is -2.23. The zero-order valence-corrected chi connectivity index (χ0v) is 12.5. The number of hydrogen-bond donors (Lipinski definition) is 0. The molecule has 2 aromatic rings. The van der Waals surface area contributed by atoms with Crippen molar-refractivity contribution in [3.8, 4) is 5.75 Å². The van der Waals surface area contributed by atoms with Crippen LogP contribution < -0.4 is 9.64 Å². The Hall–Kier alpha value is -2.63. The van der Waals surface area contributed by atoms with Gasteiger partial charge in [0.2, 0.25) is 0 Å². The van der Waals surface area contributed by atoms with Gasteiger partial charge in [-0.15, -0.1) is 0 Å². The Balaban J connectivity index is 1.93. The van der Waals surface area contributed by atoms with E-state index in [2.05, 4.69) is 14.9 Å². The number of rotatable bonds is 2. The van der Waals surface area contributed by atoms with Crippen LogP contribution in [0.15, 0.2) is 36.7 Å². The van der Waals surface area contributed by atoms with E-state index < -0.39 is 5.97 Å². The van der Waals surface area contributed by atoms with Crippen LogP contribution in [0.4, 0.5) is 5.82 Å². The van der Waals surface area contributed by atoms with Crippen molar-refractivity contribution in [2.45, 2.75) is 19.6 Å². The largest absolute Gasteiger partial charge is 0.489 e. The molecule has 0 bridgehead atoms. The highest BCUT2D eigenvalue weighted by Crippen LogP contribution is 2.26. The molecule has 22 heavy (non-hydrogen) atoms. The summed E-state index contributed by atoms with van der Waals surface area (Å²) in [5, 5.41) is 0. The first-order valence-electron chi connectivity index (χ1n) is 7.07. The van der Waals surface area contributed by atoms with E-state index in [0.717, 1.165) is 11.3 Å². The Labute approximate surface area is 128 Å². The Kier molecular flexibility index (Phi) is 3.91. The highest BCUT2D eigenvalue weighted by molar-refractivity contribution is 5.87. The van der Waals surface area contributed by atoms with Gasteiger partial charge in [-0.1, -0.05) is 18.2 Å². The van der Waals surface area contributed by atoms with Gasteiger partial charge < -0.3 is 14.4 Å². The van der Waals surface area contributed by atoms with E-state index in [1.165, 1.54) is 13.3 Å². The van der Waals surface area contributed by atoms with Crippen molar-refractivity contribution in [1.29, 1.82) is 0 Å². The van der Waals surface area contributed by atoms with Crippen molar-refractivity contribution in [2.24, 2.45) is 0 Å². The molecule has 0 saturated carbocycles. The number of carbonyl (C=O) groups excluding carboxylic acids is 1. The van der Waals surface area contributed by atoms with E-state index in [4.69, 9.17) is 9.47 Å². The van der Waals surface area contributed by atoms with Crippen molar-refractivity contribution in [3.63, 3.8) is 0 Å². The first-order valence-corrected chi connectivity index (χ1v) is 7.07. The lowest BCUT2D eigenvalue weighted by atomic mass is 10.2. The lowest BCUT2D eigenvalue weighted by Crippen LogP contribution is -2.31. The molecule has 0 spiro atoms. The van der Waals surface area contributed by atoms with Crippen LogP contribution in [0.5, 0.6) is 5.75 Å². The summed E-state index contributed by atoms with van der Waals surface area (Å²) in [5.41, 5.74) is 1.28. The predicted molar refractivity (Wildman–Crippen MR) is 81.0 cm³/mol. The quantitative estimate of drug-likeness (QED) is 0.791. The van der Waals surface area contributed by atoms with E-state index in [1.807, 2.05) is 31.2 Å². The molecule has 114 valence electrons.